The highest BCUT2D eigenvalue weighted by molar-refractivity contribution is 7.17. The van der Waals surface area contributed by atoms with Crippen molar-refractivity contribution >= 4 is 50.6 Å². The fourth-order valence-electron chi connectivity index (χ4n) is 3.36. The maximum Gasteiger partial charge on any atom is 0.138 e. The summed E-state index contributed by atoms with van der Waals surface area (Å²) in [4.78, 5) is 12.1. The number of rotatable bonds is 6. The van der Waals surface area contributed by atoms with E-state index in [9.17, 15) is 0 Å². The van der Waals surface area contributed by atoms with Crippen LogP contribution < -0.4 is 5.32 Å². The monoisotopic (exact) mass is 442 g/mol. The molecule has 1 atom stereocenters. The number of anilines is 1. The first-order chi connectivity index (χ1) is 14.0. The van der Waals surface area contributed by atoms with Gasteiger partial charge in [-0.15, -0.1) is 11.3 Å². The van der Waals surface area contributed by atoms with Crippen molar-refractivity contribution in [3.05, 3.63) is 75.8 Å². The lowest BCUT2D eigenvalue weighted by Crippen LogP contribution is -2.27. The quantitative estimate of drug-likeness (QED) is 0.376. The third kappa shape index (κ3) is 4.23. The summed E-state index contributed by atoms with van der Waals surface area (Å²) in [7, 11) is 4.10. The zero-order valence-electron chi connectivity index (χ0n) is 16.1. The van der Waals surface area contributed by atoms with Crippen molar-refractivity contribution in [2.75, 3.05) is 26.0 Å². The van der Waals surface area contributed by atoms with Crippen molar-refractivity contribution in [3.63, 3.8) is 0 Å². The molecule has 4 nitrogen and oxygen atoms in total. The molecule has 1 N–H and O–H groups in total. The highest BCUT2D eigenvalue weighted by atomic mass is 35.5. The van der Waals surface area contributed by atoms with Crippen LogP contribution in [-0.4, -0.2) is 35.5 Å². The van der Waals surface area contributed by atoms with Gasteiger partial charge in [0.15, 0.2) is 0 Å². The Morgan fingerprint density at radius 2 is 1.79 bits per heavy atom. The first-order valence-corrected chi connectivity index (χ1v) is 10.8. The van der Waals surface area contributed by atoms with Crippen molar-refractivity contribution in [3.8, 4) is 11.1 Å². The minimum atomic E-state index is 0.103. The molecular weight excluding hydrogens is 423 g/mol. The van der Waals surface area contributed by atoms with Gasteiger partial charge in [-0.2, -0.15) is 0 Å². The van der Waals surface area contributed by atoms with Crippen LogP contribution in [0.4, 0.5) is 5.82 Å². The van der Waals surface area contributed by atoms with Gasteiger partial charge in [0.25, 0.3) is 0 Å². The molecule has 7 heteroatoms. The summed E-state index contributed by atoms with van der Waals surface area (Å²) in [5.74, 6) is 0.820. The van der Waals surface area contributed by atoms with Crippen LogP contribution >= 0.6 is 34.5 Å². The fourth-order valence-corrected chi connectivity index (χ4v) is 4.66. The molecule has 2 aromatic heterocycles. The Hall–Kier alpha value is -2.18. The Morgan fingerprint density at radius 1 is 1.03 bits per heavy atom. The van der Waals surface area contributed by atoms with Crippen molar-refractivity contribution in [2.45, 2.75) is 6.04 Å². The normalized spacial score (nSPS) is 12.4. The summed E-state index contributed by atoms with van der Waals surface area (Å²) < 4.78 is 0. The zero-order valence-corrected chi connectivity index (χ0v) is 18.4. The van der Waals surface area contributed by atoms with E-state index in [1.807, 2.05) is 42.5 Å². The molecular formula is C22H20Cl2N4S. The summed E-state index contributed by atoms with van der Waals surface area (Å²) >= 11 is 14.1. The summed E-state index contributed by atoms with van der Waals surface area (Å²) in [6.45, 7) is 0.665. The van der Waals surface area contributed by atoms with Crippen LogP contribution in [-0.2, 0) is 0 Å². The molecule has 0 aliphatic rings. The maximum atomic E-state index is 6.45. The molecule has 0 radical (unpaired) electrons. The second-order valence-electron chi connectivity index (χ2n) is 6.94. The predicted octanol–water partition coefficient (Wildman–Crippen LogP) is 6.38. The van der Waals surface area contributed by atoms with Gasteiger partial charge >= 0.3 is 0 Å². The molecule has 0 aliphatic heterocycles. The molecule has 0 unspecified atom stereocenters. The molecule has 0 spiro atoms. The molecule has 4 rings (SSSR count). The smallest absolute Gasteiger partial charge is 0.138 e. The van der Waals surface area contributed by atoms with Crippen LogP contribution in [0.3, 0.4) is 0 Å². The Balaban J connectivity index is 1.68. The largest absolute Gasteiger partial charge is 0.367 e. The van der Waals surface area contributed by atoms with Crippen LogP contribution in [0.1, 0.15) is 11.6 Å². The predicted molar refractivity (Wildman–Crippen MR) is 124 cm³/mol. The number of thiophene rings is 1. The van der Waals surface area contributed by atoms with E-state index in [1.165, 1.54) is 0 Å². The van der Waals surface area contributed by atoms with Gasteiger partial charge in [-0.05, 0) is 43.4 Å². The van der Waals surface area contributed by atoms with E-state index in [2.05, 4.69) is 45.7 Å². The minimum absolute atomic E-state index is 0.103. The maximum absolute atomic E-state index is 6.45. The fraction of sp³-hybridized carbons (Fsp3) is 0.182. The van der Waals surface area contributed by atoms with Gasteiger partial charge in [0.1, 0.15) is 17.0 Å². The van der Waals surface area contributed by atoms with Gasteiger partial charge in [0.2, 0.25) is 0 Å². The molecule has 0 bridgehead atoms. The zero-order chi connectivity index (χ0) is 20.4. The molecule has 148 valence electrons. The number of halogens is 2. The summed E-state index contributed by atoms with van der Waals surface area (Å²) in [5.41, 5.74) is 3.28. The number of fused-ring (bicyclic) bond motifs is 1. The van der Waals surface area contributed by atoms with E-state index < -0.39 is 0 Å². The van der Waals surface area contributed by atoms with Gasteiger partial charge in [0.05, 0.1) is 11.4 Å². The van der Waals surface area contributed by atoms with Crippen LogP contribution in [0.15, 0.2) is 60.2 Å². The van der Waals surface area contributed by atoms with Crippen LogP contribution in [0.25, 0.3) is 21.3 Å². The average molecular weight is 443 g/mol. The summed E-state index contributed by atoms with van der Waals surface area (Å²) in [6, 6.07) is 15.9. The number of nitrogens with one attached hydrogen (secondary N) is 1. The number of hydrogen-bond donors (Lipinski definition) is 1. The van der Waals surface area contributed by atoms with E-state index in [0.29, 0.717) is 6.54 Å². The minimum Gasteiger partial charge on any atom is -0.367 e. The Labute approximate surface area is 184 Å². The number of aromatic nitrogens is 2. The van der Waals surface area contributed by atoms with E-state index in [-0.39, 0.29) is 6.04 Å². The van der Waals surface area contributed by atoms with E-state index in [4.69, 9.17) is 23.2 Å². The lowest BCUT2D eigenvalue weighted by molar-refractivity contribution is 0.312. The topological polar surface area (TPSA) is 41.0 Å². The lowest BCUT2D eigenvalue weighted by Gasteiger charge is -2.26. The van der Waals surface area contributed by atoms with Crippen LogP contribution in [0.5, 0.6) is 0 Å². The van der Waals surface area contributed by atoms with E-state index >= 15 is 0 Å². The van der Waals surface area contributed by atoms with Gasteiger partial charge in [-0.1, -0.05) is 53.5 Å². The SMILES string of the molecule is CN(C)[C@H](CNc1ncnc2scc(-c3ccc(Cl)cc3)c12)c1ccccc1Cl. The summed E-state index contributed by atoms with van der Waals surface area (Å²) in [5, 5.41) is 8.15. The van der Waals surface area contributed by atoms with Gasteiger partial charge in [0, 0.05) is 27.5 Å². The standard InChI is InChI=1S/C22H20Cl2N4S/c1-28(2)19(16-5-3-4-6-18(16)24)11-25-21-20-17(12-29-22(20)27-13-26-21)14-7-9-15(23)10-8-14/h3-10,12-13,19H,11H2,1-2H3,(H,25,26,27)/t19-/m1/s1. The Kier molecular flexibility index (Phi) is 6.01. The van der Waals surface area contributed by atoms with Crippen molar-refractivity contribution < 1.29 is 0 Å². The van der Waals surface area contributed by atoms with Gasteiger partial charge in [-0.3, -0.25) is 0 Å². The highest BCUT2D eigenvalue weighted by Gasteiger charge is 2.19. The van der Waals surface area contributed by atoms with E-state index in [0.717, 1.165) is 42.8 Å². The molecule has 4 aromatic rings. The second kappa shape index (κ2) is 8.67. The first kappa shape index (κ1) is 20.1. The second-order valence-corrected chi connectivity index (χ2v) is 8.64. The molecule has 0 saturated carbocycles. The molecule has 0 amide bonds. The molecule has 0 fully saturated rings. The third-order valence-corrected chi connectivity index (χ3v) is 6.36. The number of benzene rings is 2. The number of hydrogen-bond acceptors (Lipinski definition) is 5. The van der Waals surface area contributed by atoms with Crippen molar-refractivity contribution in [1.29, 1.82) is 0 Å². The van der Waals surface area contributed by atoms with Gasteiger partial charge < -0.3 is 10.2 Å². The summed E-state index contributed by atoms with van der Waals surface area (Å²) in [6.07, 6.45) is 1.60. The molecule has 0 saturated heterocycles. The van der Waals surface area contributed by atoms with E-state index in [1.54, 1.807) is 17.7 Å². The van der Waals surface area contributed by atoms with Crippen molar-refractivity contribution in [2.24, 2.45) is 0 Å². The Morgan fingerprint density at radius 3 is 2.52 bits per heavy atom. The molecule has 2 heterocycles. The first-order valence-electron chi connectivity index (χ1n) is 9.17. The lowest BCUT2D eigenvalue weighted by atomic mass is 10.0. The van der Waals surface area contributed by atoms with Crippen LogP contribution in [0, 0.1) is 0 Å². The molecule has 2 aromatic carbocycles. The average Bonchev–Trinajstić information content (AvgIpc) is 3.15. The van der Waals surface area contributed by atoms with Gasteiger partial charge in [-0.25, -0.2) is 9.97 Å². The van der Waals surface area contributed by atoms with Crippen LogP contribution in [0.2, 0.25) is 10.0 Å². The molecule has 0 aliphatic carbocycles. The molecule has 29 heavy (non-hydrogen) atoms. The highest BCUT2D eigenvalue weighted by Crippen LogP contribution is 2.37. The number of likely N-dealkylation sites (N-methyl/N-ethyl adjacent to an activating group) is 1. The Bertz CT molecular complexity index is 1130. The number of nitrogens with zero attached hydrogens (tertiary/aromatic N) is 3. The third-order valence-electron chi connectivity index (χ3n) is 4.88. The van der Waals surface area contributed by atoms with Crippen molar-refractivity contribution in [1.82, 2.24) is 14.9 Å².